The molecule has 2 fully saturated rings. The van der Waals surface area contributed by atoms with E-state index in [1.54, 1.807) is 12.1 Å². The topological polar surface area (TPSA) is 142 Å². The van der Waals surface area contributed by atoms with Crippen molar-refractivity contribution < 1.29 is 29.6 Å². The first kappa shape index (κ1) is 37.7. The zero-order chi connectivity index (χ0) is 36.6. The van der Waals surface area contributed by atoms with Crippen LogP contribution in [0.2, 0.25) is 0 Å². The Morgan fingerprint density at radius 1 is 1.00 bits per heavy atom. The summed E-state index contributed by atoms with van der Waals surface area (Å²) in [5.74, 6) is 6.46. The minimum absolute atomic E-state index is 0.0151. The van der Waals surface area contributed by atoms with E-state index >= 15 is 0 Å². The molecule has 1 heterocycles. The minimum Gasteiger partial charge on any atom is -0.504 e. The van der Waals surface area contributed by atoms with Gasteiger partial charge in [0.15, 0.2) is 29.2 Å². The normalized spacial score (nSPS) is 27.8. The van der Waals surface area contributed by atoms with Crippen LogP contribution in [0.3, 0.4) is 0 Å². The number of hydrogen-bond donors (Lipinski definition) is 5. The molecule has 2 saturated carbocycles. The van der Waals surface area contributed by atoms with Crippen LogP contribution in [0.1, 0.15) is 99.7 Å². The molecule has 0 bridgehead atoms. The summed E-state index contributed by atoms with van der Waals surface area (Å²) in [5, 5.41) is 36.4. The van der Waals surface area contributed by atoms with Crippen molar-refractivity contribution in [2.45, 2.75) is 95.5 Å². The maximum absolute atomic E-state index is 14.4. The molecule has 6 rings (SSSR count). The summed E-state index contributed by atoms with van der Waals surface area (Å²) < 4.78 is 5.43. The van der Waals surface area contributed by atoms with Crippen LogP contribution in [0.5, 0.6) is 11.5 Å². The molecule has 278 valence electrons. The van der Waals surface area contributed by atoms with Crippen LogP contribution in [0, 0.1) is 47.3 Å². The summed E-state index contributed by atoms with van der Waals surface area (Å²) >= 11 is 0. The highest BCUT2D eigenvalue weighted by Gasteiger charge is 2.42. The van der Waals surface area contributed by atoms with Gasteiger partial charge in [-0.1, -0.05) is 86.8 Å². The smallest absolute Gasteiger partial charge is 0.173 e. The first-order chi connectivity index (χ1) is 25.2. The maximum Gasteiger partial charge on any atom is 0.173 e. The van der Waals surface area contributed by atoms with Gasteiger partial charge in [-0.05, 0) is 103 Å². The molecule has 2 aromatic carbocycles. The van der Waals surface area contributed by atoms with Gasteiger partial charge in [-0.3, -0.25) is 9.59 Å². The van der Waals surface area contributed by atoms with E-state index in [1.165, 1.54) is 39.2 Å². The van der Waals surface area contributed by atoms with Crippen molar-refractivity contribution >= 4 is 11.6 Å². The Morgan fingerprint density at radius 2 is 1.79 bits per heavy atom. The number of aliphatic hydroxyl groups excluding tert-OH is 2. The lowest BCUT2D eigenvalue weighted by Crippen LogP contribution is -2.39. The Kier molecular flexibility index (Phi) is 12.8. The predicted octanol–water partition coefficient (Wildman–Crippen LogP) is 6.32. The monoisotopic (exact) mass is 708 g/mol. The Morgan fingerprint density at radius 3 is 2.52 bits per heavy atom. The van der Waals surface area contributed by atoms with E-state index < -0.39 is 35.4 Å². The number of carbonyl (C=O) groups excluding carboxylic acids is 2. The van der Waals surface area contributed by atoms with Gasteiger partial charge in [0.25, 0.3) is 0 Å². The van der Waals surface area contributed by atoms with Crippen molar-refractivity contribution in [3.05, 3.63) is 82.7 Å². The Balaban J connectivity index is 1.42. The largest absolute Gasteiger partial charge is 0.504 e. The first-order valence-electron chi connectivity index (χ1n) is 19.4. The van der Waals surface area contributed by atoms with E-state index in [2.05, 4.69) is 23.2 Å². The fourth-order valence-electron chi connectivity index (χ4n) is 9.35. The van der Waals surface area contributed by atoms with Crippen LogP contribution in [0.25, 0.3) is 0 Å². The number of dihydropyridines is 1. The number of ether oxygens (including phenoxy) is 1. The molecule has 1 aliphatic heterocycles. The molecule has 7 atom stereocenters. The zero-order valence-corrected chi connectivity index (χ0v) is 30.6. The molecule has 0 amide bonds. The molecule has 2 aromatic rings. The molecule has 8 nitrogen and oxygen atoms in total. The summed E-state index contributed by atoms with van der Waals surface area (Å²) in [5.41, 5.74) is 9.81. The van der Waals surface area contributed by atoms with E-state index in [4.69, 9.17) is 10.5 Å². The molecule has 6 N–H and O–H groups in total. The molecule has 3 aliphatic carbocycles. The third kappa shape index (κ3) is 9.11. The molecule has 0 unspecified atom stereocenters. The van der Waals surface area contributed by atoms with Gasteiger partial charge in [0.2, 0.25) is 0 Å². The van der Waals surface area contributed by atoms with Gasteiger partial charge in [0.1, 0.15) is 0 Å². The third-order valence-corrected chi connectivity index (χ3v) is 12.3. The Labute approximate surface area is 308 Å². The number of nitrogens with two attached hydrogens (primary N) is 1. The number of fused-ring (bicyclic) bond motifs is 2. The quantitative estimate of drug-likeness (QED) is 0.151. The Hall–Kier alpha value is -4.06. The molecule has 52 heavy (non-hydrogen) atoms. The van der Waals surface area contributed by atoms with E-state index in [9.17, 15) is 24.9 Å². The van der Waals surface area contributed by atoms with Crippen molar-refractivity contribution in [3.63, 3.8) is 0 Å². The Bertz CT molecular complexity index is 1680. The van der Waals surface area contributed by atoms with Crippen molar-refractivity contribution in [1.29, 1.82) is 0 Å². The lowest BCUT2D eigenvalue weighted by atomic mass is 9.74. The molecular weight excluding hydrogens is 652 g/mol. The maximum atomic E-state index is 14.4. The van der Waals surface area contributed by atoms with Crippen molar-refractivity contribution in [2.75, 3.05) is 20.3 Å². The summed E-state index contributed by atoms with van der Waals surface area (Å²) in [7, 11) is 1.48. The molecule has 0 aromatic heterocycles. The third-order valence-electron chi connectivity index (χ3n) is 12.3. The number of phenols is 1. The zero-order valence-electron chi connectivity index (χ0n) is 30.6. The second kappa shape index (κ2) is 17.6. The summed E-state index contributed by atoms with van der Waals surface area (Å²) in [4.78, 5) is 28.0. The second-order valence-electron chi connectivity index (χ2n) is 15.7. The number of aliphatic hydroxyl groups is 2. The van der Waals surface area contributed by atoms with Gasteiger partial charge >= 0.3 is 0 Å². The van der Waals surface area contributed by atoms with Crippen molar-refractivity contribution in [1.82, 2.24) is 5.32 Å². The number of phenolic OH excluding ortho intramolecular Hbond substituents is 1. The lowest BCUT2D eigenvalue weighted by molar-refractivity contribution is -0.142. The number of carbonyl (C=O) groups is 2. The number of benzene rings is 2. The molecular formula is C44H56N2O6. The van der Waals surface area contributed by atoms with Crippen LogP contribution in [0.15, 0.2) is 66.0 Å². The van der Waals surface area contributed by atoms with Gasteiger partial charge < -0.3 is 31.1 Å². The SMILES string of the molecule is COc1cc2c(cc1O)[C@@H](c1ccccc1)C#C[C@@H]1C[C@H](CC3=CCNC(N)=C3)C[C@@H]([C@H](CO)CCC3CCCCC3)C[C@@H]1C(=O)[C@@H](O)C(=O)CC2. The van der Waals surface area contributed by atoms with Crippen LogP contribution in [-0.4, -0.2) is 53.3 Å². The van der Waals surface area contributed by atoms with E-state index in [0.717, 1.165) is 47.9 Å². The fourth-order valence-corrected chi connectivity index (χ4v) is 9.35. The summed E-state index contributed by atoms with van der Waals surface area (Å²) in [6.45, 7) is 0.699. The molecule has 4 aliphatic rings. The van der Waals surface area contributed by atoms with E-state index in [0.29, 0.717) is 31.1 Å². The predicted molar refractivity (Wildman–Crippen MR) is 202 cm³/mol. The lowest BCUT2D eigenvalue weighted by Gasteiger charge is -2.31. The van der Waals surface area contributed by atoms with Crippen LogP contribution in [-0.2, 0) is 16.0 Å². The highest BCUT2D eigenvalue weighted by atomic mass is 16.5. The average molecular weight is 709 g/mol. The van der Waals surface area contributed by atoms with Gasteiger partial charge in [-0.2, -0.15) is 0 Å². The van der Waals surface area contributed by atoms with E-state index in [-0.39, 0.29) is 48.7 Å². The van der Waals surface area contributed by atoms with Gasteiger partial charge in [0, 0.05) is 31.4 Å². The number of hydrogen-bond acceptors (Lipinski definition) is 8. The number of methoxy groups -OCH3 is 1. The number of ketones is 2. The van der Waals surface area contributed by atoms with Crippen molar-refractivity contribution in [2.24, 2.45) is 41.2 Å². The van der Waals surface area contributed by atoms with Gasteiger partial charge in [-0.15, -0.1) is 0 Å². The number of aryl methyl sites for hydroxylation is 1. The molecule has 0 spiro atoms. The summed E-state index contributed by atoms with van der Waals surface area (Å²) in [6.07, 6.45) is 13.6. The fraction of sp³-hybridized carbons (Fsp3) is 0.545. The highest BCUT2D eigenvalue weighted by Crippen LogP contribution is 2.44. The van der Waals surface area contributed by atoms with Crippen LogP contribution in [0.4, 0.5) is 0 Å². The number of Topliss-reactive ketones (excluding diaryl/α,β-unsaturated/α-hetero) is 2. The first-order valence-corrected chi connectivity index (χ1v) is 19.4. The van der Waals surface area contributed by atoms with Crippen molar-refractivity contribution in [3.8, 4) is 23.3 Å². The van der Waals surface area contributed by atoms with E-state index in [1.807, 2.05) is 36.4 Å². The average Bonchev–Trinajstić information content (AvgIpc) is 3.33. The van der Waals surface area contributed by atoms with Crippen LogP contribution >= 0.6 is 0 Å². The minimum atomic E-state index is -1.75. The number of nitrogens with one attached hydrogen (secondary N) is 1. The molecule has 0 radical (unpaired) electrons. The number of rotatable bonds is 9. The van der Waals surface area contributed by atoms with Crippen LogP contribution < -0.4 is 15.8 Å². The second-order valence-corrected chi connectivity index (χ2v) is 15.7. The molecule has 8 heteroatoms. The number of allylic oxidation sites excluding steroid dienone is 2. The number of aromatic hydroxyl groups is 1. The van der Waals surface area contributed by atoms with Gasteiger partial charge in [0.05, 0.1) is 18.8 Å². The van der Waals surface area contributed by atoms with Gasteiger partial charge in [-0.25, -0.2) is 0 Å². The molecule has 0 saturated heterocycles. The standard InChI is InChI=1S/C44H56N2O6/c1-52-41-25-33-15-17-39(48)44(51)43(50)38-24-35(34(27-47)13-12-28-8-4-2-5-9-28)22-30(20-29-18-19-46-42(45)23-29)21-32(38)14-16-36(37(33)26-40(41)49)31-10-6-3-7-11-31/h3,6-7,10-11,18,23,25-26,28,30,32,34-36,38,44,46-47,49,51H,2,4-5,8-9,12-13,15,17,19-22,24,27,45H2,1H3/t30-,32+,34-,35+,36+,38-,44-/m0/s1. The summed E-state index contributed by atoms with van der Waals surface area (Å²) in [6, 6.07) is 13.3. The highest BCUT2D eigenvalue weighted by molar-refractivity contribution is 6.06.